The number of aryl methyl sites for hydroxylation is 1. The van der Waals surface area contributed by atoms with Gasteiger partial charge in [0.15, 0.2) is 11.5 Å². The van der Waals surface area contributed by atoms with Crippen LogP contribution in [-0.4, -0.2) is 34.9 Å². The zero-order valence-corrected chi connectivity index (χ0v) is 24.5. The second-order valence-electron chi connectivity index (χ2n) is 9.76. The largest absolute Gasteiger partial charge is 0.381 e. The first-order chi connectivity index (χ1) is 20.3. The van der Waals surface area contributed by atoms with E-state index in [4.69, 9.17) is 5.73 Å². The normalized spacial score (nSPS) is 11.8. The Balaban J connectivity index is 1.52. The molecule has 0 aliphatic rings. The van der Waals surface area contributed by atoms with Gasteiger partial charge in [-0.05, 0) is 54.0 Å². The van der Waals surface area contributed by atoms with Gasteiger partial charge in [0, 0.05) is 40.6 Å². The minimum Gasteiger partial charge on any atom is -0.381 e. The van der Waals surface area contributed by atoms with Crippen molar-refractivity contribution in [3.8, 4) is 17.5 Å². The van der Waals surface area contributed by atoms with E-state index in [1.54, 1.807) is 33.9 Å². The van der Waals surface area contributed by atoms with E-state index in [0.29, 0.717) is 37.8 Å². The van der Waals surface area contributed by atoms with Crippen LogP contribution in [0.3, 0.4) is 0 Å². The molecule has 6 aromatic rings. The third kappa shape index (κ3) is 4.52. The zero-order valence-electron chi connectivity index (χ0n) is 23.0. The van der Waals surface area contributed by atoms with Crippen LogP contribution in [0, 0.1) is 18.8 Å². The summed E-state index contributed by atoms with van der Waals surface area (Å²) in [5, 5.41) is 12.6. The van der Waals surface area contributed by atoms with Gasteiger partial charge in [-0.25, -0.2) is 9.50 Å². The third-order valence-electron chi connectivity index (χ3n) is 7.17. The van der Waals surface area contributed by atoms with Crippen molar-refractivity contribution in [1.82, 2.24) is 34.3 Å². The second-order valence-corrected chi connectivity index (χ2v) is 10.6. The van der Waals surface area contributed by atoms with Gasteiger partial charge in [0.25, 0.3) is 11.5 Å². The van der Waals surface area contributed by atoms with E-state index in [1.807, 2.05) is 69.4 Å². The molecule has 3 N–H and O–H groups in total. The molecule has 0 fully saturated rings. The van der Waals surface area contributed by atoms with E-state index in [2.05, 4.69) is 48.3 Å². The summed E-state index contributed by atoms with van der Waals surface area (Å²) in [6, 6.07) is 15.9. The number of halogens is 1. The number of aromatic nitrogens is 6. The molecule has 6 rings (SSSR count). The lowest BCUT2D eigenvalue weighted by molar-refractivity contribution is 0.0941. The number of nitrogen functional groups attached to an aromatic ring is 1. The highest BCUT2D eigenvalue weighted by molar-refractivity contribution is 9.10. The minimum atomic E-state index is -0.630. The first-order valence-corrected chi connectivity index (χ1v) is 13.9. The lowest BCUT2D eigenvalue weighted by Crippen LogP contribution is -2.33. The van der Waals surface area contributed by atoms with Gasteiger partial charge in [-0.15, -0.1) is 5.10 Å². The van der Waals surface area contributed by atoms with Crippen LogP contribution in [0.1, 0.15) is 45.8 Å². The number of hydrogen-bond donors (Lipinski definition) is 2. The Morgan fingerprint density at radius 2 is 1.83 bits per heavy atom. The molecule has 42 heavy (non-hydrogen) atoms. The highest BCUT2D eigenvalue weighted by Gasteiger charge is 2.26. The van der Waals surface area contributed by atoms with Crippen LogP contribution in [0.2, 0.25) is 0 Å². The summed E-state index contributed by atoms with van der Waals surface area (Å²) in [5.41, 5.74) is 9.84. The van der Waals surface area contributed by atoms with Crippen molar-refractivity contribution in [1.29, 1.82) is 0 Å². The first kappa shape index (κ1) is 27.0. The number of carbonyl (C=O) groups is 1. The molecule has 1 unspecified atom stereocenters. The monoisotopic (exact) mass is 620 g/mol. The predicted molar refractivity (Wildman–Crippen MR) is 164 cm³/mol. The fourth-order valence-corrected chi connectivity index (χ4v) is 5.81. The number of carbonyl (C=O) groups excluding carboxylic acids is 1. The Morgan fingerprint density at radius 3 is 2.57 bits per heavy atom. The third-order valence-corrected chi connectivity index (χ3v) is 8.01. The number of fused-ring (bicyclic) bond motifs is 2. The molecule has 0 radical (unpaired) electrons. The number of anilines is 1. The number of nitrogens with one attached hydrogen (secondary N) is 1. The summed E-state index contributed by atoms with van der Waals surface area (Å²) in [7, 11) is 1.86. The van der Waals surface area contributed by atoms with Gasteiger partial charge in [-0.3, -0.25) is 18.8 Å². The fraction of sp³-hybridized carbons (Fsp3) is 0.129. The number of pyridine rings is 1. The summed E-state index contributed by atoms with van der Waals surface area (Å²) in [6.07, 6.45) is 4.95. The summed E-state index contributed by atoms with van der Waals surface area (Å²) in [5.74, 6) is 5.96. The highest BCUT2D eigenvalue weighted by atomic mass is 79.9. The molecule has 11 heteroatoms. The zero-order chi connectivity index (χ0) is 29.5. The Labute approximate surface area is 248 Å². The molecule has 0 spiro atoms. The van der Waals surface area contributed by atoms with Crippen LogP contribution in [0.15, 0.2) is 82.5 Å². The van der Waals surface area contributed by atoms with E-state index in [9.17, 15) is 9.59 Å². The van der Waals surface area contributed by atoms with Crippen molar-refractivity contribution in [3.63, 3.8) is 0 Å². The number of para-hydroxylation sites is 1. The van der Waals surface area contributed by atoms with Crippen LogP contribution < -0.4 is 16.6 Å². The Bertz CT molecular complexity index is 2130. The van der Waals surface area contributed by atoms with Crippen molar-refractivity contribution in [3.05, 3.63) is 116 Å². The van der Waals surface area contributed by atoms with Crippen molar-refractivity contribution in [2.75, 3.05) is 5.73 Å². The van der Waals surface area contributed by atoms with Crippen LogP contribution >= 0.6 is 15.9 Å². The van der Waals surface area contributed by atoms with Crippen LogP contribution in [0.4, 0.5) is 5.82 Å². The Morgan fingerprint density at radius 1 is 1.07 bits per heavy atom. The van der Waals surface area contributed by atoms with Crippen molar-refractivity contribution >= 4 is 44.1 Å². The van der Waals surface area contributed by atoms with Gasteiger partial charge in [0.05, 0.1) is 34.6 Å². The number of hydrogen-bond acceptors (Lipinski definition) is 6. The number of benzene rings is 2. The number of rotatable bonds is 4. The molecule has 0 aliphatic carbocycles. The Hall–Kier alpha value is -5.21. The van der Waals surface area contributed by atoms with Crippen molar-refractivity contribution < 1.29 is 4.79 Å². The Kier molecular flexibility index (Phi) is 6.84. The second kappa shape index (κ2) is 10.6. The number of nitrogens with zero attached hydrogens (tertiary/aromatic N) is 6. The quantitative estimate of drug-likeness (QED) is 0.283. The molecule has 10 nitrogen and oxygen atoms in total. The highest BCUT2D eigenvalue weighted by Crippen LogP contribution is 2.33. The van der Waals surface area contributed by atoms with Gasteiger partial charge >= 0.3 is 0 Å². The van der Waals surface area contributed by atoms with Crippen LogP contribution in [0.5, 0.6) is 0 Å². The number of nitrogens with two attached hydrogens (primary N) is 1. The van der Waals surface area contributed by atoms with Gasteiger partial charge < -0.3 is 11.1 Å². The molecule has 2 aromatic carbocycles. The number of amides is 1. The van der Waals surface area contributed by atoms with E-state index in [0.717, 1.165) is 11.3 Å². The SMILES string of the molecule is Cc1c(C#Cc2cccc3c(Br)c(C(C)NC(=O)c4c(N)nn5cccnc45)n(-c4ccccc4)c(=O)c23)cnn1C. The average molecular weight is 621 g/mol. The molecule has 0 saturated heterocycles. The fourth-order valence-electron chi connectivity index (χ4n) is 4.96. The van der Waals surface area contributed by atoms with E-state index < -0.39 is 11.9 Å². The molecular formula is C31H25BrN8O2. The summed E-state index contributed by atoms with van der Waals surface area (Å²) in [6.45, 7) is 3.75. The van der Waals surface area contributed by atoms with Crippen LogP contribution in [-0.2, 0) is 7.05 Å². The molecule has 208 valence electrons. The summed E-state index contributed by atoms with van der Waals surface area (Å²) < 4.78 is 5.47. The van der Waals surface area contributed by atoms with Crippen LogP contribution in [0.25, 0.3) is 22.1 Å². The smallest absolute Gasteiger partial charge is 0.264 e. The maximum absolute atomic E-state index is 14.4. The average Bonchev–Trinajstić information content (AvgIpc) is 3.50. The van der Waals surface area contributed by atoms with Crippen molar-refractivity contribution in [2.24, 2.45) is 7.05 Å². The van der Waals surface area contributed by atoms with Gasteiger partial charge in [0.2, 0.25) is 0 Å². The molecule has 1 amide bonds. The lowest BCUT2D eigenvalue weighted by Gasteiger charge is -2.23. The predicted octanol–water partition coefficient (Wildman–Crippen LogP) is 4.31. The molecule has 4 aromatic heterocycles. The molecule has 0 aliphatic heterocycles. The molecule has 0 saturated carbocycles. The summed E-state index contributed by atoms with van der Waals surface area (Å²) >= 11 is 3.78. The van der Waals surface area contributed by atoms with Gasteiger partial charge in [0.1, 0.15) is 5.56 Å². The molecular weight excluding hydrogens is 596 g/mol. The lowest BCUT2D eigenvalue weighted by atomic mass is 10.0. The van der Waals surface area contributed by atoms with E-state index >= 15 is 0 Å². The molecule has 0 bridgehead atoms. The van der Waals surface area contributed by atoms with Crippen molar-refractivity contribution in [2.45, 2.75) is 19.9 Å². The summed E-state index contributed by atoms with van der Waals surface area (Å²) in [4.78, 5) is 32.2. The molecule has 4 heterocycles. The minimum absolute atomic E-state index is 0.0588. The first-order valence-electron chi connectivity index (χ1n) is 13.1. The standard InChI is InChI=1S/C31H25BrN8O2/c1-18(36-30(41)25-28(33)37-39-16-8-15-34-29(25)39)27-26(32)23-12-7-9-20(13-14-21-17-35-38(3)19(21)2)24(23)31(42)40(27)22-10-5-4-6-11-22/h4-12,15-18H,1-3H3,(H2,33,37)(H,36,41). The maximum Gasteiger partial charge on any atom is 0.264 e. The van der Waals surface area contributed by atoms with Gasteiger partial charge in [-0.1, -0.05) is 42.2 Å². The van der Waals surface area contributed by atoms with E-state index in [1.165, 1.54) is 4.52 Å². The van der Waals surface area contributed by atoms with E-state index in [-0.39, 0.29) is 16.9 Å². The maximum atomic E-state index is 14.4. The molecule has 1 atom stereocenters. The topological polar surface area (TPSA) is 125 Å². The van der Waals surface area contributed by atoms with Gasteiger partial charge in [-0.2, -0.15) is 5.10 Å².